The third-order valence-corrected chi connectivity index (χ3v) is 4.22. The van der Waals surface area contributed by atoms with E-state index in [2.05, 4.69) is 4.98 Å². The first kappa shape index (κ1) is 16.1. The van der Waals surface area contributed by atoms with Gasteiger partial charge in [0.1, 0.15) is 24.4 Å². The Labute approximate surface area is 130 Å². The summed E-state index contributed by atoms with van der Waals surface area (Å²) >= 11 is 0. The predicted octanol–water partition coefficient (Wildman–Crippen LogP) is -1.40. The van der Waals surface area contributed by atoms with Crippen LogP contribution in [0.3, 0.4) is 0 Å². The first-order valence-electron chi connectivity index (χ1n) is 7.05. The second-order valence-electron chi connectivity index (χ2n) is 5.55. The molecule has 0 bridgehead atoms. The fraction of sp³-hybridized carbons (Fsp3) is 0.400. The van der Waals surface area contributed by atoms with Gasteiger partial charge in [-0.25, -0.2) is 0 Å². The summed E-state index contributed by atoms with van der Waals surface area (Å²) < 4.78 is 5.30. The van der Waals surface area contributed by atoms with Gasteiger partial charge in [0.2, 0.25) is 5.79 Å². The lowest BCUT2D eigenvalue weighted by Crippen LogP contribution is -2.63. The molecule has 1 aliphatic heterocycles. The number of aliphatic hydroxyl groups excluding tert-OH is 4. The Hall–Kier alpha value is -1.81. The summed E-state index contributed by atoms with van der Waals surface area (Å²) in [6.45, 7) is -0.670. The van der Waals surface area contributed by atoms with Crippen LogP contribution in [0, 0.1) is 0 Å². The number of aromatic nitrogens is 1. The minimum absolute atomic E-state index is 0.0512. The van der Waals surface area contributed by atoms with Gasteiger partial charge in [0.15, 0.2) is 6.29 Å². The van der Waals surface area contributed by atoms with Crippen LogP contribution in [-0.4, -0.2) is 67.8 Å². The lowest BCUT2D eigenvalue weighted by atomic mass is 9.86. The molecule has 2 heterocycles. The Balaban J connectivity index is 2.19. The number of carbonyl (C=O) groups excluding carboxylic acids is 1. The minimum Gasteiger partial charge on any atom is -0.394 e. The number of rotatable bonds is 3. The van der Waals surface area contributed by atoms with E-state index < -0.39 is 36.8 Å². The fourth-order valence-corrected chi connectivity index (χ4v) is 2.98. The zero-order valence-electron chi connectivity index (χ0n) is 12.0. The molecule has 2 aromatic rings. The lowest BCUT2D eigenvalue weighted by Gasteiger charge is -2.45. The van der Waals surface area contributed by atoms with Gasteiger partial charge in [-0.2, -0.15) is 0 Å². The van der Waals surface area contributed by atoms with Crippen molar-refractivity contribution in [1.82, 2.24) is 4.98 Å². The Morgan fingerprint density at radius 3 is 2.65 bits per heavy atom. The van der Waals surface area contributed by atoms with Crippen molar-refractivity contribution in [2.45, 2.75) is 30.2 Å². The van der Waals surface area contributed by atoms with Crippen molar-refractivity contribution in [1.29, 1.82) is 0 Å². The van der Waals surface area contributed by atoms with E-state index in [1.807, 2.05) is 0 Å². The van der Waals surface area contributed by atoms with Crippen LogP contribution in [0.25, 0.3) is 10.9 Å². The van der Waals surface area contributed by atoms with Crippen LogP contribution >= 0.6 is 0 Å². The van der Waals surface area contributed by atoms with E-state index in [4.69, 9.17) is 4.74 Å². The van der Waals surface area contributed by atoms with Crippen LogP contribution in [0.15, 0.2) is 24.4 Å². The minimum atomic E-state index is -2.40. The number of ether oxygens (including phenoxy) is 1. The number of hydrogen-bond acceptors (Lipinski definition) is 7. The molecule has 1 aromatic heterocycles. The van der Waals surface area contributed by atoms with Crippen LogP contribution < -0.4 is 0 Å². The third kappa shape index (κ3) is 2.27. The highest BCUT2D eigenvalue weighted by Gasteiger charge is 2.54. The molecule has 1 fully saturated rings. The maximum atomic E-state index is 11.2. The second-order valence-corrected chi connectivity index (χ2v) is 5.55. The highest BCUT2D eigenvalue weighted by atomic mass is 16.7. The van der Waals surface area contributed by atoms with Crippen molar-refractivity contribution in [3.8, 4) is 0 Å². The van der Waals surface area contributed by atoms with Gasteiger partial charge < -0.3 is 35.3 Å². The maximum Gasteiger partial charge on any atom is 0.223 e. The standard InChI is InChI=1S/C15H17NO7/c17-5-7-4-16-9-3-1-2-8(11(7)9)15(22)14(21)13(20)12(19)10(6-18)23-15/h1-5,10,12-14,16,18-22H,6H2/t10-,12-,13+,14-,15?/m0/s1. The van der Waals surface area contributed by atoms with E-state index in [0.717, 1.165) is 0 Å². The fourth-order valence-electron chi connectivity index (χ4n) is 2.98. The van der Waals surface area contributed by atoms with E-state index >= 15 is 0 Å². The molecule has 0 spiro atoms. The summed E-state index contributed by atoms with van der Waals surface area (Å²) in [6, 6.07) is 4.67. The summed E-state index contributed by atoms with van der Waals surface area (Å²) in [6.07, 6.45) is -4.46. The molecule has 6 N–H and O–H groups in total. The van der Waals surface area contributed by atoms with E-state index in [1.165, 1.54) is 12.3 Å². The Morgan fingerprint density at radius 1 is 1.26 bits per heavy atom. The molecule has 1 aromatic carbocycles. The number of hydrogen-bond donors (Lipinski definition) is 6. The second kappa shape index (κ2) is 5.68. The first-order chi connectivity index (χ1) is 10.9. The summed E-state index contributed by atoms with van der Waals surface area (Å²) in [4.78, 5) is 14.1. The lowest BCUT2D eigenvalue weighted by molar-refractivity contribution is -0.357. The molecule has 8 heteroatoms. The van der Waals surface area contributed by atoms with Crippen molar-refractivity contribution in [2.24, 2.45) is 0 Å². The summed E-state index contributed by atoms with van der Waals surface area (Å²) in [7, 11) is 0. The van der Waals surface area contributed by atoms with Crippen LogP contribution in [0.5, 0.6) is 0 Å². The summed E-state index contributed by atoms with van der Waals surface area (Å²) in [5.41, 5.74) is 0.811. The monoisotopic (exact) mass is 323 g/mol. The van der Waals surface area contributed by atoms with Crippen molar-refractivity contribution < 1.29 is 35.1 Å². The van der Waals surface area contributed by atoms with E-state index in [-0.39, 0.29) is 11.1 Å². The number of aromatic amines is 1. The topological polar surface area (TPSA) is 143 Å². The van der Waals surface area contributed by atoms with Crippen LogP contribution in [0.2, 0.25) is 0 Å². The average Bonchev–Trinajstić information content (AvgIpc) is 2.99. The quantitative estimate of drug-likeness (QED) is 0.381. The first-order valence-corrected chi connectivity index (χ1v) is 7.05. The molecular weight excluding hydrogens is 306 g/mol. The Kier molecular flexibility index (Phi) is 3.96. The van der Waals surface area contributed by atoms with Gasteiger partial charge in [-0.05, 0) is 6.07 Å². The van der Waals surface area contributed by atoms with Gasteiger partial charge in [-0.1, -0.05) is 12.1 Å². The van der Waals surface area contributed by atoms with E-state index in [9.17, 15) is 30.3 Å². The number of benzene rings is 1. The number of carbonyl (C=O) groups is 1. The molecule has 8 nitrogen and oxygen atoms in total. The number of fused-ring (bicyclic) bond motifs is 1. The highest BCUT2D eigenvalue weighted by molar-refractivity contribution is 5.99. The zero-order valence-corrected chi connectivity index (χ0v) is 12.0. The van der Waals surface area contributed by atoms with E-state index in [0.29, 0.717) is 17.2 Å². The predicted molar refractivity (Wildman–Crippen MR) is 77.6 cm³/mol. The van der Waals surface area contributed by atoms with Gasteiger partial charge in [-0.3, -0.25) is 4.79 Å². The number of nitrogens with one attached hydrogen (secondary N) is 1. The normalized spacial score (nSPS) is 34.7. The van der Waals surface area contributed by atoms with Crippen LogP contribution in [-0.2, 0) is 10.5 Å². The van der Waals surface area contributed by atoms with Gasteiger partial charge in [-0.15, -0.1) is 0 Å². The molecule has 1 aliphatic rings. The van der Waals surface area contributed by atoms with Gasteiger partial charge in [0.25, 0.3) is 0 Å². The molecular formula is C15H17NO7. The van der Waals surface area contributed by atoms with Crippen molar-refractivity contribution >= 4 is 17.2 Å². The maximum absolute atomic E-state index is 11.2. The molecule has 3 rings (SSSR count). The van der Waals surface area contributed by atoms with Crippen molar-refractivity contribution in [2.75, 3.05) is 6.61 Å². The Morgan fingerprint density at radius 2 is 2.00 bits per heavy atom. The molecule has 5 atom stereocenters. The zero-order chi connectivity index (χ0) is 16.8. The third-order valence-electron chi connectivity index (χ3n) is 4.22. The SMILES string of the molecule is O=Cc1c[nH]c2cccc(C3(O)O[C@@H](CO)[C@H](O)[C@@H](O)[C@@H]3O)c12. The Bertz CT molecular complexity index is 728. The van der Waals surface area contributed by atoms with Crippen molar-refractivity contribution in [3.63, 3.8) is 0 Å². The van der Waals surface area contributed by atoms with Gasteiger partial charge >= 0.3 is 0 Å². The van der Waals surface area contributed by atoms with E-state index in [1.54, 1.807) is 12.1 Å². The smallest absolute Gasteiger partial charge is 0.223 e. The molecule has 0 amide bonds. The number of aliphatic hydroxyl groups is 5. The molecule has 0 radical (unpaired) electrons. The van der Waals surface area contributed by atoms with Crippen LogP contribution in [0.1, 0.15) is 15.9 Å². The largest absolute Gasteiger partial charge is 0.394 e. The summed E-state index contributed by atoms with van der Waals surface area (Å²) in [5.74, 6) is -2.40. The molecule has 0 saturated carbocycles. The number of H-pyrrole nitrogens is 1. The molecule has 23 heavy (non-hydrogen) atoms. The molecule has 1 unspecified atom stereocenters. The molecule has 124 valence electrons. The molecule has 0 aliphatic carbocycles. The number of aldehydes is 1. The van der Waals surface area contributed by atoms with Gasteiger partial charge in [0.05, 0.1) is 6.61 Å². The molecule has 1 saturated heterocycles. The summed E-state index contributed by atoms with van der Waals surface area (Å²) in [5, 5.41) is 50.4. The van der Waals surface area contributed by atoms with Crippen LogP contribution in [0.4, 0.5) is 0 Å². The van der Waals surface area contributed by atoms with Crippen molar-refractivity contribution in [3.05, 3.63) is 35.5 Å². The van der Waals surface area contributed by atoms with Gasteiger partial charge in [0, 0.05) is 28.2 Å². The average molecular weight is 323 g/mol. The highest BCUT2D eigenvalue weighted by Crippen LogP contribution is 2.40.